The summed E-state index contributed by atoms with van der Waals surface area (Å²) in [5, 5.41) is 0. The number of hydrogen-bond donors (Lipinski definition) is 0. The molecule has 0 N–H and O–H groups in total. The zero-order valence-corrected chi connectivity index (χ0v) is 15.3. The Kier molecular flexibility index (Phi) is 4.83. The average Bonchev–Trinajstić information content (AvgIpc) is 2.25. The van der Waals surface area contributed by atoms with E-state index >= 15 is 0 Å². The van der Waals surface area contributed by atoms with Crippen LogP contribution in [0.5, 0.6) is 0 Å². The molecule has 0 amide bonds. The van der Waals surface area contributed by atoms with E-state index in [-0.39, 0.29) is 5.60 Å². The molecule has 0 bridgehead atoms. The van der Waals surface area contributed by atoms with Gasteiger partial charge in [0, 0.05) is 5.56 Å². The maximum absolute atomic E-state index is 6.44. The molecule has 0 saturated carbocycles. The highest BCUT2D eigenvalue weighted by Gasteiger charge is 2.42. The second-order valence-corrected chi connectivity index (χ2v) is 22.8. The lowest BCUT2D eigenvalue weighted by Gasteiger charge is -2.39. The fourth-order valence-electron chi connectivity index (χ4n) is 1.56. The van der Waals surface area contributed by atoms with Gasteiger partial charge in [0.2, 0.25) is 0 Å². The highest BCUT2D eigenvalue weighted by atomic mass is 29.3. The molecule has 0 aliphatic heterocycles. The van der Waals surface area contributed by atoms with E-state index in [2.05, 4.69) is 58.4 Å². The van der Waals surface area contributed by atoms with Gasteiger partial charge in [-0.25, -0.2) is 0 Å². The Morgan fingerprint density at radius 3 is 1.95 bits per heavy atom. The molecule has 1 aromatic carbocycles. The van der Waals surface area contributed by atoms with Gasteiger partial charge in [0.05, 0.1) is 7.59 Å². The van der Waals surface area contributed by atoms with E-state index in [1.807, 2.05) is 30.3 Å². The van der Waals surface area contributed by atoms with Crippen molar-refractivity contribution in [3.05, 3.63) is 35.9 Å². The quantitative estimate of drug-likeness (QED) is 0.590. The van der Waals surface area contributed by atoms with Crippen LogP contribution in [-0.4, -0.2) is 21.0 Å². The third-order valence-electron chi connectivity index (χ3n) is 3.60. The molecule has 1 nitrogen and oxygen atoms in total. The first-order chi connectivity index (χ1) is 8.54. The van der Waals surface area contributed by atoms with Crippen molar-refractivity contribution in [2.75, 3.05) is 0 Å². The molecule has 104 valence electrons. The molecule has 19 heavy (non-hydrogen) atoms. The van der Waals surface area contributed by atoms with E-state index in [1.165, 1.54) is 0 Å². The SMILES string of the molecule is CC(C)(C#Cc1ccccc1)O[Si](C)(C)[Si](C)(C)C. The molecule has 0 atom stereocenters. The summed E-state index contributed by atoms with van der Waals surface area (Å²) in [6.45, 7) is 16.0. The van der Waals surface area contributed by atoms with Gasteiger partial charge in [-0.15, -0.1) is 0 Å². The smallest absolute Gasteiger partial charge is 0.175 e. The van der Waals surface area contributed by atoms with Gasteiger partial charge in [-0.3, -0.25) is 0 Å². The van der Waals surface area contributed by atoms with Crippen LogP contribution in [0.25, 0.3) is 0 Å². The highest BCUT2D eigenvalue weighted by Crippen LogP contribution is 2.25. The molecule has 1 aromatic rings. The van der Waals surface area contributed by atoms with Crippen molar-refractivity contribution in [3.63, 3.8) is 0 Å². The van der Waals surface area contributed by atoms with Gasteiger partial charge in [0.25, 0.3) is 0 Å². The van der Waals surface area contributed by atoms with Gasteiger partial charge < -0.3 is 4.43 Å². The van der Waals surface area contributed by atoms with Crippen molar-refractivity contribution in [1.82, 2.24) is 0 Å². The summed E-state index contributed by atoms with van der Waals surface area (Å²) in [6.07, 6.45) is 0. The van der Waals surface area contributed by atoms with Gasteiger partial charge in [-0.1, -0.05) is 49.7 Å². The molecule has 0 aliphatic carbocycles. The molecule has 0 radical (unpaired) electrons. The van der Waals surface area contributed by atoms with Crippen LogP contribution in [0.3, 0.4) is 0 Å². The molecule has 0 fully saturated rings. The molecule has 0 saturated heterocycles. The Balaban J connectivity index is 2.86. The summed E-state index contributed by atoms with van der Waals surface area (Å²) in [5.74, 6) is 6.51. The minimum Gasteiger partial charge on any atom is -0.404 e. The van der Waals surface area contributed by atoms with Crippen LogP contribution >= 0.6 is 0 Å². The first-order valence-electron chi connectivity index (χ1n) is 6.82. The van der Waals surface area contributed by atoms with Crippen molar-refractivity contribution >= 4 is 15.4 Å². The Morgan fingerprint density at radius 1 is 0.947 bits per heavy atom. The van der Waals surface area contributed by atoms with Gasteiger partial charge in [0.1, 0.15) is 5.60 Å². The summed E-state index contributed by atoms with van der Waals surface area (Å²) in [6, 6.07) is 10.1. The summed E-state index contributed by atoms with van der Waals surface area (Å²) in [5.41, 5.74) is 0.679. The van der Waals surface area contributed by atoms with Gasteiger partial charge in [-0.05, 0) is 39.1 Å². The zero-order valence-electron chi connectivity index (χ0n) is 13.3. The van der Waals surface area contributed by atoms with Crippen LogP contribution in [0.1, 0.15) is 19.4 Å². The predicted molar refractivity (Wildman–Crippen MR) is 89.3 cm³/mol. The average molecular weight is 291 g/mol. The highest BCUT2D eigenvalue weighted by molar-refractivity contribution is 7.37. The minimum atomic E-state index is -1.64. The molecule has 3 heteroatoms. The molecule has 0 spiro atoms. The van der Waals surface area contributed by atoms with E-state index in [0.29, 0.717) is 0 Å². The van der Waals surface area contributed by atoms with Crippen molar-refractivity contribution in [2.45, 2.75) is 52.2 Å². The second-order valence-electron chi connectivity index (χ2n) is 6.99. The van der Waals surface area contributed by atoms with Crippen molar-refractivity contribution < 1.29 is 4.43 Å². The molecule has 0 unspecified atom stereocenters. The van der Waals surface area contributed by atoms with Crippen LogP contribution < -0.4 is 0 Å². The van der Waals surface area contributed by atoms with E-state index in [9.17, 15) is 0 Å². The van der Waals surface area contributed by atoms with Crippen LogP contribution in [0.4, 0.5) is 0 Å². The van der Waals surface area contributed by atoms with Crippen molar-refractivity contribution in [1.29, 1.82) is 0 Å². The molecule has 0 heterocycles. The van der Waals surface area contributed by atoms with E-state index in [0.717, 1.165) is 5.56 Å². The summed E-state index contributed by atoms with van der Waals surface area (Å²) in [7, 11) is -2.90. The van der Waals surface area contributed by atoms with E-state index in [1.54, 1.807) is 0 Å². The Labute approximate surface area is 120 Å². The number of hydrogen-bond acceptors (Lipinski definition) is 1. The molecule has 1 rings (SSSR count). The first kappa shape index (κ1) is 16.2. The van der Waals surface area contributed by atoms with Gasteiger partial charge >= 0.3 is 0 Å². The maximum atomic E-state index is 6.44. The lowest BCUT2D eigenvalue weighted by molar-refractivity contribution is 0.169. The largest absolute Gasteiger partial charge is 0.404 e. The van der Waals surface area contributed by atoms with E-state index < -0.39 is 15.4 Å². The third-order valence-corrected chi connectivity index (χ3v) is 19.4. The number of rotatable bonds is 3. The Morgan fingerprint density at radius 2 is 1.47 bits per heavy atom. The van der Waals surface area contributed by atoms with E-state index in [4.69, 9.17) is 4.43 Å². The van der Waals surface area contributed by atoms with Gasteiger partial charge in [0.15, 0.2) is 7.83 Å². The lowest BCUT2D eigenvalue weighted by atomic mass is 10.1. The minimum absolute atomic E-state index is 0.369. The van der Waals surface area contributed by atoms with Gasteiger partial charge in [-0.2, -0.15) is 0 Å². The Bertz CT molecular complexity index is 473. The molecule has 0 aliphatic rings. The second kappa shape index (κ2) is 5.66. The molecule has 0 aromatic heterocycles. The monoisotopic (exact) mass is 290 g/mol. The molecular formula is C16H26OSi2. The van der Waals surface area contributed by atoms with Crippen LogP contribution in [-0.2, 0) is 4.43 Å². The third kappa shape index (κ3) is 4.98. The topological polar surface area (TPSA) is 9.23 Å². The normalized spacial score (nSPS) is 12.8. The fourth-order valence-corrected chi connectivity index (χ4v) is 4.88. The van der Waals surface area contributed by atoms with Crippen LogP contribution in [0, 0.1) is 11.8 Å². The van der Waals surface area contributed by atoms with Crippen LogP contribution in [0.2, 0.25) is 32.7 Å². The van der Waals surface area contributed by atoms with Crippen molar-refractivity contribution in [2.24, 2.45) is 0 Å². The fraction of sp³-hybridized carbons (Fsp3) is 0.500. The molecular weight excluding hydrogens is 264 g/mol. The standard InChI is InChI=1S/C16H26OSi2/c1-16(2,17-19(6,7)18(3,4)5)14-13-15-11-9-8-10-12-15/h8-12H,1-7H3. The zero-order chi connectivity index (χ0) is 14.7. The predicted octanol–water partition coefficient (Wildman–Crippen LogP) is 4.46. The summed E-state index contributed by atoms with van der Waals surface area (Å²) < 4.78 is 6.44. The lowest BCUT2D eigenvalue weighted by Crippen LogP contribution is -2.58. The van der Waals surface area contributed by atoms with Crippen LogP contribution in [0.15, 0.2) is 30.3 Å². The van der Waals surface area contributed by atoms with Crippen molar-refractivity contribution in [3.8, 4) is 11.8 Å². The Hall–Kier alpha value is -0.826. The number of benzene rings is 1. The summed E-state index contributed by atoms with van der Waals surface area (Å²) >= 11 is 0. The maximum Gasteiger partial charge on any atom is 0.175 e. The summed E-state index contributed by atoms with van der Waals surface area (Å²) in [4.78, 5) is 0. The first-order valence-corrected chi connectivity index (χ1v) is 14.2.